The van der Waals surface area contributed by atoms with E-state index in [1.807, 2.05) is 4.90 Å². The summed E-state index contributed by atoms with van der Waals surface area (Å²) in [5.74, 6) is 0.00444. The summed E-state index contributed by atoms with van der Waals surface area (Å²) >= 11 is 0. The van der Waals surface area contributed by atoms with Gasteiger partial charge in [0.1, 0.15) is 0 Å². The molecule has 1 fully saturated rings. The third-order valence-corrected chi connectivity index (χ3v) is 3.72. The number of piperidine rings is 1. The van der Waals surface area contributed by atoms with E-state index in [2.05, 4.69) is 27.7 Å². The van der Waals surface area contributed by atoms with Gasteiger partial charge < -0.3 is 14.9 Å². The fourth-order valence-corrected chi connectivity index (χ4v) is 2.96. The van der Waals surface area contributed by atoms with Gasteiger partial charge in [-0.1, -0.05) is 27.7 Å². The maximum atomic E-state index is 12.8. The van der Waals surface area contributed by atoms with Crippen LogP contribution in [0.2, 0.25) is 0 Å². The Labute approximate surface area is 128 Å². The maximum absolute atomic E-state index is 12.8. The van der Waals surface area contributed by atoms with Crippen LogP contribution in [-0.4, -0.2) is 52.6 Å². The first-order valence-corrected chi connectivity index (χ1v) is 8.08. The van der Waals surface area contributed by atoms with Gasteiger partial charge in [-0.3, -0.25) is 4.79 Å². The topological polar surface area (TPSA) is 60.9 Å². The fraction of sp³-hybridized carbons (Fsp3) is 0.875. The molecule has 21 heavy (non-hydrogen) atoms. The quantitative estimate of drug-likeness (QED) is 0.820. The van der Waals surface area contributed by atoms with Gasteiger partial charge in [0, 0.05) is 25.7 Å². The minimum atomic E-state index is -0.820. The number of hydrogen-bond acceptors (Lipinski definition) is 2. The van der Waals surface area contributed by atoms with Crippen LogP contribution < -0.4 is 0 Å². The number of rotatable bonds is 6. The molecule has 2 amide bonds. The van der Waals surface area contributed by atoms with E-state index in [0.29, 0.717) is 18.4 Å². The zero-order chi connectivity index (χ0) is 16.0. The van der Waals surface area contributed by atoms with Crippen molar-refractivity contribution in [1.82, 2.24) is 9.80 Å². The van der Waals surface area contributed by atoms with Crippen molar-refractivity contribution in [2.24, 2.45) is 11.8 Å². The average Bonchev–Trinajstić information content (AvgIpc) is 2.36. The lowest BCUT2D eigenvalue weighted by Crippen LogP contribution is -2.52. The molecule has 0 bridgehead atoms. The molecule has 1 atom stereocenters. The number of hydrogen-bond donors (Lipinski definition) is 1. The van der Waals surface area contributed by atoms with Gasteiger partial charge in [0.25, 0.3) is 0 Å². The first kappa shape index (κ1) is 17.8. The Morgan fingerprint density at radius 1 is 1.14 bits per heavy atom. The average molecular weight is 298 g/mol. The molecular weight excluding hydrogens is 268 g/mol. The van der Waals surface area contributed by atoms with Crippen molar-refractivity contribution < 1.29 is 14.7 Å². The Morgan fingerprint density at radius 2 is 1.71 bits per heavy atom. The molecule has 0 aromatic carbocycles. The summed E-state index contributed by atoms with van der Waals surface area (Å²) in [5, 5.41) is 9.04. The summed E-state index contributed by atoms with van der Waals surface area (Å²) in [4.78, 5) is 27.5. The van der Waals surface area contributed by atoms with Crippen LogP contribution in [0.3, 0.4) is 0 Å². The smallest absolute Gasteiger partial charge is 0.320 e. The van der Waals surface area contributed by atoms with Crippen molar-refractivity contribution in [3.63, 3.8) is 0 Å². The minimum Gasteiger partial charge on any atom is -0.481 e. The molecular formula is C16H30N2O3. The monoisotopic (exact) mass is 298 g/mol. The molecule has 0 spiro atoms. The summed E-state index contributed by atoms with van der Waals surface area (Å²) in [7, 11) is 0. The molecule has 1 heterocycles. The van der Waals surface area contributed by atoms with Crippen molar-refractivity contribution >= 4 is 12.0 Å². The third-order valence-electron chi connectivity index (χ3n) is 3.72. The van der Waals surface area contributed by atoms with Crippen LogP contribution in [0.5, 0.6) is 0 Å². The summed E-state index contributed by atoms with van der Waals surface area (Å²) in [6, 6.07) is -0.131. The molecule has 1 unspecified atom stereocenters. The van der Waals surface area contributed by atoms with Gasteiger partial charge in [0.05, 0.1) is 6.42 Å². The number of aliphatic carboxylic acids is 1. The zero-order valence-corrected chi connectivity index (χ0v) is 13.8. The van der Waals surface area contributed by atoms with E-state index >= 15 is 0 Å². The SMILES string of the molecule is CC(C)CN(CC(C)C)C(=O)N1CCCCC1CC(=O)O. The van der Waals surface area contributed by atoms with E-state index in [4.69, 9.17) is 5.11 Å². The van der Waals surface area contributed by atoms with Gasteiger partial charge in [-0.15, -0.1) is 0 Å². The van der Waals surface area contributed by atoms with Crippen molar-refractivity contribution in [3.8, 4) is 0 Å². The second-order valence-electron chi connectivity index (χ2n) is 6.92. The maximum Gasteiger partial charge on any atom is 0.320 e. The van der Waals surface area contributed by atoms with E-state index in [1.165, 1.54) is 0 Å². The van der Waals surface area contributed by atoms with Gasteiger partial charge in [0.2, 0.25) is 0 Å². The largest absolute Gasteiger partial charge is 0.481 e. The van der Waals surface area contributed by atoms with Gasteiger partial charge in [-0.2, -0.15) is 0 Å². The number of carbonyl (C=O) groups is 2. The minimum absolute atomic E-state index is 0.0170. The number of carbonyl (C=O) groups excluding carboxylic acids is 1. The number of carboxylic acids is 1. The highest BCUT2D eigenvalue weighted by molar-refractivity contribution is 5.76. The molecule has 0 saturated carbocycles. The van der Waals surface area contributed by atoms with Crippen LogP contribution in [-0.2, 0) is 4.79 Å². The molecule has 0 aromatic heterocycles. The van der Waals surface area contributed by atoms with Crippen LogP contribution >= 0.6 is 0 Å². The molecule has 5 heteroatoms. The summed E-state index contributed by atoms with van der Waals surface area (Å²) in [5.41, 5.74) is 0. The standard InChI is InChI=1S/C16H30N2O3/c1-12(2)10-17(11-13(3)4)16(21)18-8-6-5-7-14(18)9-15(19)20/h12-14H,5-11H2,1-4H3,(H,19,20). The highest BCUT2D eigenvalue weighted by Crippen LogP contribution is 2.22. The molecule has 1 rings (SSSR count). The molecule has 0 aliphatic carbocycles. The fourth-order valence-electron chi connectivity index (χ4n) is 2.96. The first-order chi connectivity index (χ1) is 9.81. The van der Waals surface area contributed by atoms with E-state index < -0.39 is 5.97 Å². The van der Waals surface area contributed by atoms with Crippen LogP contribution in [0.25, 0.3) is 0 Å². The number of amides is 2. The molecule has 1 aliphatic rings. The van der Waals surface area contributed by atoms with Crippen molar-refractivity contribution in [2.45, 2.75) is 59.4 Å². The van der Waals surface area contributed by atoms with E-state index in [-0.39, 0.29) is 18.5 Å². The Morgan fingerprint density at radius 3 is 2.19 bits per heavy atom. The normalized spacial score (nSPS) is 19.1. The number of nitrogens with zero attached hydrogens (tertiary/aromatic N) is 2. The van der Waals surface area contributed by atoms with Crippen molar-refractivity contribution in [3.05, 3.63) is 0 Å². The Balaban J connectivity index is 2.79. The predicted molar refractivity (Wildman–Crippen MR) is 83.2 cm³/mol. The van der Waals surface area contributed by atoms with Crippen LogP contribution in [0.1, 0.15) is 53.4 Å². The lowest BCUT2D eigenvalue weighted by molar-refractivity contribution is -0.138. The number of likely N-dealkylation sites (tertiary alicyclic amines) is 1. The van der Waals surface area contributed by atoms with Crippen molar-refractivity contribution in [1.29, 1.82) is 0 Å². The summed E-state index contributed by atoms with van der Waals surface area (Å²) in [6.07, 6.45) is 2.84. The summed E-state index contributed by atoms with van der Waals surface area (Å²) < 4.78 is 0. The van der Waals surface area contributed by atoms with Crippen LogP contribution in [0, 0.1) is 11.8 Å². The van der Waals surface area contributed by atoms with E-state index in [9.17, 15) is 9.59 Å². The molecule has 1 saturated heterocycles. The molecule has 5 nitrogen and oxygen atoms in total. The molecule has 0 aromatic rings. The van der Waals surface area contributed by atoms with Gasteiger partial charge in [-0.25, -0.2) is 4.79 Å². The second-order valence-corrected chi connectivity index (χ2v) is 6.92. The highest BCUT2D eigenvalue weighted by Gasteiger charge is 2.31. The molecule has 1 aliphatic heterocycles. The Hall–Kier alpha value is -1.26. The lowest BCUT2D eigenvalue weighted by atomic mass is 9.99. The van der Waals surface area contributed by atoms with Gasteiger partial charge >= 0.3 is 12.0 Å². The lowest BCUT2D eigenvalue weighted by Gasteiger charge is -2.39. The number of carboxylic acid groups (broad SMARTS) is 1. The molecule has 0 radical (unpaired) electrons. The summed E-state index contributed by atoms with van der Waals surface area (Å²) in [6.45, 7) is 10.6. The Bertz CT molecular complexity index is 345. The third kappa shape index (κ3) is 5.94. The first-order valence-electron chi connectivity index (χ1n) is 8.08. The highest BCUT2D eigenvalue weighted by atomic mass is 16.4. The van der Waals surface area contributed by atoms with Crippen molar-refractivity contribution in [2.75, 3.05) is 19.6 Å². The van der Waals surface area contributed by atoms with Crippen LogP contribution in [0.15, 0.2) is 0 Å². The second kappa shape index (κ2) is 8.25. The zero-order valence-electron chi connectivity index (χ0n) is 13.8. The Kier molecular flexibility index (Phi) is 6.99. The molecule has 1 N–H and O–H groups in total. The van der Waals surface area contributed by atoms with E-state index in [0.717, 1.165) is 32.4 Å². The van der Waals surface area contributed by atoms with Crippen LogP contribution in [0.4, 0.5) is 4.79 Å². The molecule has 122 valence electrons. The van der Waals surface area contributed by atoms with Gasteiger partial charge in [-0.05, 0) is 31.1 Å². The van der Waals surface area contributed by atoms with E-state index in [1.54, 1.807) is 4.90 Å². The number of urea groups is 1. The predicted octanol–water partition coefficient (Wildman–Crippen LogP) is 3.05. The van der Waals surface area contributed by atoms with Gasteiger partial charge in [0.15, 0.2) is 0 Å².